The van der Waals surface area contributed by atoms with Crippen molar-refractivity contribution in [3.63, 3.8) is 0 Å². The van der Waals surface area contributed by atoms with Gasteiger partial charge in [-0.1, -0.05) is 12.8 Å². The van der Waals surface area contributed by atoms with E-state index >= 15 is 0 Å². The molecule has 0 aliphatic carbocycles. The van der Waals surface area contributed by atoms with Crippen LogP contribution in [0.15, 0.2) is 0 Å². The summed E-state index contributed by atoms with van der Waals surface area (Å²) in [6.45, 7) is 0. The van der Waals surface area contributed by atoms with E-state index in [1.165, 1.54) is 0 Å². The van der Waals surface area contributed by atoms with Gasteiger partial charge in [0, 0.05) is 38.5 Å². The molecule has 144 valence electrons. The third kappa shape index (κ3) is 5.51. The minimum atomic E-state index is -1.08. The molecule has 10 heteroatoms. The minimum absolute atomic E-state index is 0.0578. The number of carbonyl (C=O) groups is 5. The smallest absolute Gasteiger partial charge is 0.333 e. The van der Waals surface area contributed by atoms with E-state index in [4.69, 9.17) is 9.68 Å². The van der Waals surface area contributed by atoms with Crippen molar-refractivity contribution in [3.8, 4) is 0 Å². The highest BCUT2D eigenvalue weighted by atomic mass is 16.7. The molecule has 2 aliphatic rings. The Morgan fingerprint density at radius 3 is 1.88 bits per heavy atom. The van der Waals surface area contributed by atoms with Crippen molar-refractivity contribution >= 4 is 29.7 Å². The van der Waals surface area contributed by atoms with E-state index in [2.05, 4.69) is 0 Å². The van der Waals surface area contributed by atoms with E-state index in [1.54, 1.807) is 0 Å². The minimum Gasteiger partial charge on any atom is -0.370 e. The molecular formula is C16H22N2O8. The third-order valence-corrected chi connectivity index (χ3v) is 4.04. The molecule has 0 aromatic carbocycles. The van der Waals surface area contributed by atoms with Crippen LogP contribution in [0.1, 0.15) is 64.2 Å². The summed E-state index contributed by atoms with van der Waals surface area (Å²) >= 11 is 0. The molecule has 0 bridgehead atoms. The van der Waals surface area contributed by atoms with Crippen LogP contribution in [0.5, 0.6) is 0 Å². The van der Waals surface area contributed by atoms with Gasteiger partial charge in [0.2, 0.25) is 0 Å². The first-order valence-electron chi connectivity index (χ1n) is 8.66. The number of hydrogen-bond acceptors (Lipinski definition) is 8. The number of hydrogen-bond donors (Lipinski definition) is 1. The van der Waals surface area contributed by atoms with Crippen LogP contribution in [0.2, 0.25) is 0 Å². The maximum absolute atomic E-state index is 11.6. The van der Waals surface area contributed by atoms with Crippen molar-refractivity contribution in [2.24, 2.45) is 0 Å². The van der Waals surface area contributed by atoms with Gasteiger partial charge in [-0.05, 0) is 12.8 Å². The number of unbranched alkanes of at least 4 members (excludes halogenated alkanes) is 3. The largest absolute Gasteiger partial charge is 0.370 e. The monoisotopic (exact) mass is 370 g/mol. The first-order chi connectivity index (χ1) is 12.4. The molecule has 2 fully saturated rings. The fourth-order valence-electron chi connectivity index (χ4n) is 2.61. The fraction of sp³-hybridized carbons (Fsp3) is 0.688. The maximum Gasteiger partial charge on any atom is 0.333 e. The summed E-state index contributed by atoms with van der Waals surface area (Å²) in [5.41, 5.74) is 0. The summed E-state index contributed by atoms with van der Waals surface area (Å²) in [6.07, 6.45) is 1.90. The van der Waals surface area contributed by atoms with E-state index in [1.807, 2.05) is 0 Å². The quantitative estimate of drug-likeness (QED) is 0.454. The Morgan fingerprint density at radius 1 is 0.846 bits per heavy atom. The average Bonchev–Trinajstić information content (AvgIpc) is 3.08. The number of amides is 3. The highest BCUT2D eigenvalue weighted by molar-refractivity contribution is 6.01. The number of rotatable bonds is 9. The zero-order chi connectivity index (χ0) is 19.1. The number of aliphatic hydroxyl groups excluding tert-OH is 1. The van der Waals surface area contributed by atoms with Gasteiger partial charge in [-0.2, -0.15) is 0 Å². The molecule has 1 unspecified atom stereocenters. The highest BCUT2D eigenvalue weighted by Gasteiger charge is 2.33. The van der Waals surface area contributed by atoms with Crippen LogP contribution in [-0.2, 0) is 33.6 Å². The molecule has 0 aromatic heterocycles. The van der Waals surface area contributed by atoms with Crippen LogP contribution in [0.3, 0.4) is 0 Å². The average molecular weight is 370 g/mol. The molecule has 1 N–H and O–H groups in total. The van der Waals surface area contributed by atoms with Gasteiger partial charge in [-0.3, -0.25) is 14.4 Å². The Kier molecular flexibility index (Phi) is 7.07. The van der Waals surface area contributed by atoms with Gasteiger partial charge < -0.3 is 14.8 Å². The van der Waals surface area contributed by atoms with E-state index in [9.17, 15) is 29.1 Å². The number of carbonyl (C=O) groups excluding carboxylic acids is 5. The van der Waals surface area contributed by atoms with Gasteiger partial charge in [0.15, 0.2) is 6.23 Å². The highest BCUT2D eigenvalue weighted by Crippen LogP contribution is 2.18. The van der Waals surface area contributed by atoms with E-state index in [0.29, 0.717) is 35.8 Å². The molecule has 0 radical (unpaired) electrons. The van der Waals surface area contributed by atoms with Crippen molar-refractivity contribution in [1.82, 2.24) is 10.1 Å². The van der Waals surface area contributed by atoms with Gasteiger partial charge in [0.1, 0.15) is 0 Å². The lowest BCUT2D eigenvalue weighted by atomic mass is 10.1. The second-order valence-electron chi connectivity index (χ2n) is 6.16. The van der Waals surface area contributed by atoms with Crippen molar-refractivity contribution in [2.75, 3.05) is 0 Å². The topological polar surface area (TPSA) is 131 Å². The Morgan fingerprint density at radius 2 is 1.38 bits per heavy atom. The first kappa shape index (κ1) is 19.8. The van der Waals surface area contributed by atoms with Crippen LogP contribution in [0.4, 0.5) is 0 Å². The lowest BCUT2D eigenvalue weighted by Crippen LogP contribution is -2.35. The number of nitrogens with zero attached hydrogens (tertiary/aromatic N) is 2. The van der Waals surface area contributed by atoms with E-state index in [0.717, 1.165) is 0 Å². The Balaban J connectivity index is 1.52. The predicted molar refractivity (Wildman–Crippen MR) is 83.1 cm³/mol. The summed E-state index contributed by atoms with van der Waals surface area (Å²) < 4.78 is 0. The Hall–Kier alpha value is -2.49. The van der Waals surface area contributed by atoms with Gasteiger partial charge in [-0.25, -0.2) is 9.59 Å². The molecule has 0 saturated carbocycles. The number of hydroxylamine groups is 4. The zero-order valence-electron chi connectivity index (χ0n) is 14.3. The predicted octanol–water partition coefficient (Wildman–Crippen LogP) is 0.333. The van der Waals surface area contributed by atoms with Crippen LogP contribution in [0, 0.1) is 0 Å². The van der Waals surface area contributed by atoms with Gasteiger partial charge in [0.05, 0.1) is 0 Å². The Labute approximate surface area is 149 Å². The summed E-state index contributed by atoms with van der Waals surface area (Å²) in [7, 11) is 0. The number of imide groups is 1. The third-order valence-electron chi connectivity index (χ3n) is 4.04. The maximum atomic E-state index is 11.6. The van der Waals surface area contributed by atoms with Crippen LogP contribution >= 0.6 is 0 Å². The summed E-state index contributed by atoms with van der Waals surface area (Å²) in [4.78, 5) is 66.7. The molecule has 2 heterocycles. The molecule has 2 aliphatic heterocycles. The van der Waals surface area contributed by atoms with E-state index in [-0.39, 0.29) is 38.5 Å². The van der Waals surface area contributed by atoms with Gasteiger partial charge in [-0.15, -0.1) is 10.1 Å². The molecule has 0 aromatic rings. The van der Waals surface area contributed by atoms with Crippen LogP contribution in [-0.4, -0.2) is 51.1 Å². The second kappa shape index (κ2) is 9.27. The SMILES string of the molecule is O=C(CCCCCCC(=O)ON1C(=O)CCC1O)ON1C(=O)CCC1=O. The molecule has 26 heavy (non-hydrogen) atoms. The summed E-state index contributed by atoms with van der Waals surface area (Å²) in [5.74, 6) is -2.68. The molecule has 3 amide bonds. The van der Waals surface area contributed by atoms with Crippen molar-refractivity contribution in [1.29, 1.82) is 0 Å². The summed E-state index contributed by atoms with van der Waals surface area (Å²) in [6, 6.07) is 0. The van der Waals surface area contributed by atoms with Gasteiger partial charge in [0.25, 0.3) is 17.7 Å². The van der Waals surface area contributed by atoms with Crippen molar-refractivity contribution in [3.05, 3.63) is 0 Å². The van der Waals surface area contributed by atoms with Crippen molar-refractivity contribution in [2.45, 2.75) is 70.4 Å². The molecule has 1 atom stereocenters. The molecular weight excluding hydrogens is 348 g/mol. The molecule has 2 saturated heterocycles. The second-order valence-corrected chi connectivity index (χ2v) is 6.16. The Bertz CT molecular complexity index is 575. The van der Waals surface area contributed by atoms with Crippen LogP contribution < -0.4 is 0 Å². The number of aliphatic hydroxyl groups is 1. The van der Waals surface area contributed by atoms with Crippen molar-refractivity contribution < 1.29 is 38.8 Å². The zero-order valence-corrected chi connectivity index (χ0v) is 14.3. The molecule has 2 rings (SSSR count). The lowest BCUT2D eigenvalue weighted by Gasteiger charge is -2.18. The lowest BCUT2D eigenvalue weighted by molar-refractivity contribution is -0.220. The standard InChI is InChI=1S/C16H22N2O8/c19-11-7-8-12(20)17(11)25-15(23)5-3-1-2-4-6-16(24)26-18-13(21)9-10-14(18)22/h11,19H,1-10H2. The normalized spacial score (nSPS) is 20.0. The molecule has 10 nitrogen and oxygen atoms in total. The van der Waals surface area contributed by atoms with Gasteiger partial charge >= 0.3 is 11.9 Å². The molecule has 0 spiro atoms. The summed E-state index contributed by atoms with van der Waals surface area (Å²) in [5, 5.41) is 10.7. The first-order valence-corrected chi connectivity index (χ1v) is 8.66. The fourth-order valence-corrected chi connectivity index (χ4v) is 2.61. The van der Waals surface area contributed by atoms with E-state index < -0.39 is 35.9 Å². The van der Waals surface area contributed by atoms with Crippen LogP contribution in [0.25, 0.3) is 0 Å².